The molecular weight excluding hydrogens is 376 g/mol. The Balaban J connectivity index is 0.00000190. The lowest BCUT2D eigenvalue weighted by Crippen LogP contribution is -2.25. The Labute approximate surface area is 170 Å². The highest BCUT2D eigenvalue weighted by Crippen LogP contribution is 2.19. The SMILES string of the molecule is CS.NCCCC(=O)NCCc1ccc(N=Nc2ccc(C(=O)O)cc2)cc1. The van der Waals surface area contributed by atoms with Crippen LogP contribution in [0.5, 0.6) is 0 Å². The van der Waals surface area contributed by atoms with Crippen molar-refractivity contribution in [1.29, 1.82) is 0 Å². The summed E-state index contributed by atoms with van der Waals surface area (Å²) in [5.74, 6) is -0.950. The van der Waals surface area contributed by atoms with Crippen LogP contribution in [-0.2, 0) is 11.2 Å². The van der Waals surface area contributed by atoms with Crippen molar-refractivity contribution in [3.63, 3.8) is 0 Å². The molecule has 28 heavy (non-hydrogen) atoms. The van der Waals surface area contributed by atoms with Gasteiger partial charge in [0, 0.05) is 13.0 Å². The van der Waals surface area contributed by atoms with E-state index in [1.54, 1.807) is 18.4 Å². The Bertz CT molecular complexity index is 762. The summed E-state index contributed by atoms with van der Waals surface area (Å²) in [7, 11) is 0. The zero-order chi connectivity index (χ0) is 20.8. The van der Waals surface area contributed by atoms with E-state index in [1.807, 2.05) is 24.3 Å². The van der Waals surface area contributed by atoms with Crippen LogP contribution in [0.1, 0.15) is 28.8 Å². The molecule has 0 unspecified atom stereocenters. The third-order valence-electron chi connectivity index (χ3n) is 3.68. The van der Waals surface area contributed by atoms with Crippen LogP contribution in [-0.4, -0.2) is 36.3 Å². The number of nitrogens with zero attached hydrogens (tertiary/aromatic N) is 2. The molecule has 0 saturated heterocycles. The van der Waals surface area contributed by atoms with Crippen LogP contribution in [0.25, 0.3) is 0 Å². The van der Waals surface area contributed by atoms with E-state index in [0.29, 0.717) is 37.3 Å². The van der Waals surface area contributed by atoms with E-state index < -0.39 is 5.97 Å². The van der Waals surface area contributed by atoms with Crippen LogP contribution in [0, 0.1) is 0 Å². The van der Waals surface area contributed by atoms with Crippen LogP contribution in [0.4, 0.5) is 11.4 Å². The molecule has 0 spiro atoms. The first-order valence-corrected chi connectivity index (χ1v) is 9.73. The predicted molar refractivity (Wildman–Crippen MR) is 114 cm³/mol. The van der Waals surface area contributed by atoms with Crippen LogP contribution in [0.15, 0.2) is 58.8 Å². The summed E-state index contributed by atoms with van der Waals surface area (Å²) in [5, 5.41) is 19.9. The maximum atomic E-state index is 11.5. The maximum absolute atomic E-state index is 11.5. The molecule has 4 N–H and O–H groups in total. The van der Waals surface area contributed by atoms with Gasteiger partial charge in [-0.15, -0.1) is 0 Å². The van der Waals surface area contributed by atoms with Gasteiger partial charge in [-0.25, -0.2) is 4.79 Å². The van der Waals surface area contributed by atoms with Gasteiger partial charge in [0.05, 0.1) is 16.9 Å². The molecule has 0 aromatic heterocycles. The van der Waals surface area contributed by atoms with Gasteiger partial charge >= 0.3 is 5.97 Å². The fourth-order valence-corrected chi connectivity index (χ4v) is 2.21. The first-order valence-electron chi connectivity index (χ1n) is 8.84. The number of carbonyl (C=O) groups excluding carboxylic acids is 1. The zero-order valence-corrected chi connectivity index (χ0v) is 16.7. The molecular formula is C20H26N4O3S. The standard InChI is InChI=1S/C19H22N4O3.CH4S/c20-12-1-2-18(24)21-13-11-14-3-7-16(8-4-14)22-23-17-9-5-15(6-10-17)19(25)26;1-2/h3-10H,1-2,11-13,20H2,(H,21,24)(H,25,26);2H,1H3. The predicted octanol–water partition coefficient (Wildman–Crippen LogP) is 3.74. The van der Waals surface area contributed by atoms with Crippen LogP contribution in [0.2, 0.25) is 0 Å². The lowest BCUT2D eigenvalue weighted by atomic mass is 10.1. The quantitative estimate of drug-likeness (QED) is 0.377. The molecule has 1 amide bonds. The summed E-state index contributed by atoms with van der Waals surface area (Å²) < 4.78 is 0. The van der Waals surface area contributed by atoms with Crippen LogP contribution < -0.4 is 11.1 Å². The lowest BCUT2D eigenvalue weighted by molar-refractivity contribution is -0.121. The second kappa shape index (κ2) is 13.5. The fraction of sp³-hybridized carbons (Fsp3) is 0.300. The molecule has 0 atom stereocenters. The molecule has 2 rings (SSSR count). The largest absolute Gasteiger partial charge is 0.478 e. The zero-order valence-electron chi connectivity index (χ0n) is 15.8. The fourth-order valence-electron chi connectivity index (χ4n) is 2.21. The molecule has 2 aromatic rings. The molecule has 0 heterocycles. The molecule has 0 aliphatic heterocycles. The second-order valence-electron chi connectivity index (χ2n) is 5.71. The number of hydrogen-bond donors (Lipinski definition) is 4. The summed E-state index contributed by atoms with van der Waals surface area (Å²) in [4.78, 5) is 22.3. The van der Waals surface area contributed by atoms with Crippen molar-refractivity contribution in [2.45, 2.75) is 19.3 Å². The first kappa shape index (κ1) is 23.3. The van der Waals surface area contributed by atoms with Crippen LogP contribution in [0.3, 0.4) is 0 Å². The Morgan fingerprint density at radius 1 is 1.00 bits per heavy atom. The smallest absolute Gasteiger partial charge is 0.335 e. The van der Waals surface area contributed by atoms with E-state index >= 15 is 0 Å². The van der Waals surface area contributed by atoms with E-state index in [2.05, 4.69) is 28.2 Å². The van der Waals surface area contributed by atoms with E-state index in [-0.39, 0.29) is 11.5 Å². The Morgan fingerprint density at radius 3 is 2.04 bits per heavy atom. The normalized spacial score (nSPS) is 10.2. The minimum atomic E-state index is -0.973. The Morgan fingerprint density at radius 2 is 1.54 bits per heavy atom. The molecule has 0 aliphatic carbocycles. The number of amides is 1. The van der Waals surface area contributed by atoms with Gasteiger partial charge in [-0.2, -0.15) is 22.9 Å². The minimum absolute atomic E-state index is 0.0230. The highest BCUT2D eigenvalue weighted by atomic mass is 32.1. The molecule has 2 aromatic carbocycles. The number of nitrogens with two attached hydrogens (primary N) is 1. The average molecular weight is 403 g/mol. The molecule has 0 bridgehead atoms. The van der Waals surface area contributed by atoms with Crippen molar-refractivity contribution in [3.8, 4) is 0 Å². The number of nitrogens with one attached hydrogen (secondary N) is 1. The molecule has 0 aliphatic rings. The summed E-state index contributed by atoms with van der Waals surface area (Å²) >= 11 is 3.53. The van der Waals surface area contributed by atoms with Crippen molar-refractivity contribution in [3.05, 3.63) is 59.7 Å². The summed E-state index contributed by atoms with van der Waals surface area (Å²) in [5.41, 5.74) is 7.95. The van der Waals surface area contributed by atoms with Crippen molar-refractivity contribution >= 4 is 35.9 Å². The number of carboxylic acids is 1. The molecule has 0 saturated carbocycles. The van der Waals surface area contributed by atoms with Gasteiger partial charge in [0.15, 0.2) is 0 Å². The topological polar surface area (TPSA) is 117 Å². The number of rotatable bonds is 9. The van der Waals surface area contributed by atoms with E-state index in [1.165, 1.54) is 12.1 Å². The number of carbonyl (C=O) groups is 2. The highest BCUT2D eigenvalue weighted by molar-refractivity contribution is 7.79. The van der Waals surface area contributed by atoms with Gasteiger partial charge in [0.25, 0.3) is 0 Å². The number of thiol groups is 1. The van der Waals surface area contributed by atoms with Gasteiger partial charge in [-0.1, -0.05) is 12.1 Å². The molecule has 0 radical (unpaired) electrons. The average Bonchev–Trinajstić information content (AvgIpc) is 2.73. The van der Waals surface area contributed by atoms with Crippen molar-refractivity contribution in [1.82, 2.24) is 5.32 Å². The highest BCUT2D eigenvalue weighted by Gasteiger charge is 2.02. The third-order valence-corrected chi connectivity index (χ3v) is 3.68. The molecule has 8 heteroatoms. The Hall–Kier alpha value is -2.71. The lowest BCUT2D eigenvalue weighted by Gasteiger charge is -2.05. The number of hydrogen-bond acceptors (Lipinski definition) is 6. The number of benzene rings is 2. The third kappa shape index (κ3) is 8.79. The summed E-state index contributed by atoms with van der Waals surface area (Å²) in [6.07, 6.45) is 3.59. The van der Waals surface area contributed by atoms with Gasteiger partial charge in [0.2, 0.25) is 5.91 Å². The maximum Gasteiger partial charge on any atom is 0.335 e. The second-order valence-corrected chi connectivity index (χ2v) is 5.71. The number of aromatic carboxylic acids is 1. The van der Waals surface area contributed by atoms with Gasteiger partial charge < -0.3 is 16.2 Å². The Kier molecular flexibility index (Phi) is 11.2. The number of azo groups is 1. The molecule has 0 fully saturated rings. The van der Waals surface area contributed by atoms with Gasteiger partial charge in [-0.3, -0.25) is 4.79 Å². The molecule has 150 valence electrons. The van der Waals surface area contributed by atoms with Crippen molar-refractivity contribution < 1.29 is 14.7 Å². The molecule has 7 nitrogen and oxygen atoms in total. The summed E-state index contributed by atoms with van der Waals surface area (Å²) in [6.45, 7) is 1.10. The van der Waals surface area contributed by atoms with Crippen LogP contribution >= 0.6 is 12.6 Å². The number of carboxylic acid groups (broad SMARTS) is 1. The first-order chi connectivity index (χ1) is 13.6. The van der Waals surface area contributed by atoms with Gasteiger partial charge in [-0.05, 0) is 67.6 Å². The van der Waals surface area contributed by atoms with E-state index in [0.717, 1.165) is 12.0 Å². The van der Waals surface area contributed by atoms with E-state index in [9.17, 15) is 9.59 Å². The van der Waals surface area contributed by atoms with Crippen molar-refractivity contribution in [2.75, 3.05) is 19.3 Å². The minimum Gasteiger partial charge on any atom is -0.478 e. The van der Waals surface area contributed by atoms with Gasteiger partial charge in [0.1, 0.15) is 0 Å². The van der Waals surface area contributed by atoms with Crippen molar-refractivity contribution in [2.24, 2.45) is 16.0 Å². The van der Waals surface area contributed by atoms with E-state index in [4.69, 9.17) is 10.8 Å². The summed E-state index contributed by atoms with van der Waals surface area (Å²) in [6, 6.07) is 13.8. The monoisotopic (exact) mass is 402 g/mol.